The van der Waals surface area contributed by atoms with Crippen LogP contribution in [0.3, 0.4) is 0 Å². The number of likely N-dealkylation sites (N-methyl/N-ethyl adjacent to an activating group) is 1. The van der Waals surface area contributed by atoms with Crippen LogP contribution in [0, 0.1) is 17.7 Å². The zero-order chi connectivity index (χ0) is 26.8. The number of nitrogens with one attached hydrogen (secondary N) is 3. The van der Waals surface area contributed by atoms with Crippen LogP contribution in [0.25, 0.3) is 0 Å². The van der Waals surface area contributed by atoms with Crippen LogP contribution in [0.2, 0.25) is 5.02 Å². The summed E-state index contributed by atoms with van der Waals surface area (Å²) in [6, 6.07) is 4.24. The SMILES string of the molecule is CNC[C@H](CC1CCCCC1)NC(=O)N1CCC[C@@H]([C@@](O)(CCCNC(=O)O)c2cccc(F)c2Cl)C1. The highest BCUT2D eigenvalue weighted by Crippen LogP contribution is 2.42. The Labute approximate surface area is 224 Å². The van der Waals surface area contributed by atoms with Crippen molar-refractivity contribution in [1.29, 1.82) is 0 Å². The molecule has 1 aliphatic carbocycles. The lowest BCUT2D eigenvalue weighted by Crippen LogP contribution is -2.54. The lowest BCUT2D eigenvalue weighted by atomic mass is 9.74. The van der Waals surface area contributed by atoms with Crippen molar-refractivity contribution in [2.24, 2.45) is 11.8 Å². The number of carbonyl (C=O) groups is 2. The van der Waals surface area contributed by atoms with Gasteiger partial charge in [0, 0.05) is 43.7 Å². The lowest BCUT2D eigenvalue weighted by Gasteiger charge is -2.43. The number of carboxylic acid groups (broad SMARTS) is 1. The molecule has 3 amide bonds. The van der Waals surface area contributed by atoms with Crippen LogP contribution in [0.5, 0.6) is 0 Å². The van der Waals surface area contributed by atoms with Crippen LogP contribution in [0.1, 0.15) is 69.8 Å². The fourth-order valence-corrected chi connectivity index (χ4v) is 6.32. The van der Waals surface area contributed by atoms with E-state index in [1.165, 1.54) is 44.2 Å². The second-order valence-corrected chi connectivity index (χ2v) is 11.0. The van der Waals surface area contributed by atoms with E-state index in [1.54, 1.807) is 11.0 Å². The van der Waals surface area contributed by atoms with Gasteiger partial charge in [0.1, 0.15) is 5.82 Å². The molecule has 5 N–H and O–H groups in total. The highest BCUT2D eigenvalue weighted by Gasteiger charge is 2.43. The molecule has 0 radical (unpaired) electrons. The number of carbonyl (C=O) groups excluding carboxylic acids is 1. The van der Waals surface area contributed by atoms with Gasteiger partial charge in [0.25, 0.3) is 0 Å². The summed E-state index contributed by atoms with van der Waals surface area (Å²) in [6.07, 6.45) is 7.87. The van der Waals surface area contributed by atoms with Crippen molar-refractivity contribution in [3.8, 4) is 0 Å². The van der Waals surface area contributed by atoms with E-state index in [9.17, 15) is 19.1 Å². The molecule has 1 saturated heterocycles. The van der Waals surface area contributed by atoms with Gasteiger partial charge < -0.3 is 31.1 Å². The van der Waals surface area contributed by atoms with Crippen molar-refractivity contribution in [2.75, 3.05) is 33.2 Å². The number of halogens is 2. The summed E-state index contributed by atoms with van der Waals surface area (Å²) >= 11 is 6.31. The van der Waals surface area contributed by atoms with Crippen LogP contribution < -0.4 is 16.0 Å². The third-order valence-corrected chi connectivity index (χ3v) is 8.32. The van der Waals surface area contributed by atoms with Gasteiger partial charge in [0.2, 0.25) is 0 Å². The minimum atomic E-state index is -1.51. The van der Waals surface area contributed by atoms with E-state index < -0.39 is 17.5 Å². The third kappa shape index (κ3) is 8.19. The predicted octanol–water partition coefficient (Wildman–Crippen LogP) is 4.69. The fourth-order valence-electron chi connectivity index (χ4n) is 6.03. The molecule has 208 valence electrons. The van der Waals surface area contributed by atoms with Gasteiger partial charge in [-0.2, -0.15) is 0 Å². The van der Waals surface area contributed by atoms with Crippen LogP contribution in [0.4, 0.5) is 14.0 Å². The molecule has 10 heteroatoms. The maximum Gasteiger partial charge on any atom is 0.404 e. The number of urea groups is 1. The highest BCUT2D eigenvalue weighted by molar-refractivity contribution is 6.31. The van der Waals surface area contributed by atoms with E-state index in [0.717, 1.165) is 6.42 Å². The second kappa shape index (κ2) is 14.2. The van der Waals surface area contributed by atoms with Crippen molar-refractivity contribution in [3.05, 3.63) is 34.6 Å². The van der Waals surface area contributed by atoms with Crippen LogP contribution >= 0.6 is 11.6 Å². The van der Waals surface area contributed by atoms with Crippen molar-refractivity contribution in [3.63, 3.8) is 0 Å². The average molecular weight is 541 g/mol. The minimum absolute atomic E-state index is 0.0274. The van der Waals surface area contributed by atoms with Gasteiger partial charge in [-0.25, -0.2) is 14.0 Å². The zero-order valence-electron chi connectivity index (χ0n) is 21.8. The first-order valence-electron chi connectivity index (χ1n) is 13.6. The van der Waals surface area contributed by atoms with Gasteiger partial charge in [-0.05, 0) is 51.1 Å². The van der Waals surface area contributed by atoms with Gasteiger partial charge in [0.05, 0.1) is 10.6 Å². The van der Waals surface area contributed by atoms with Gasteiger partial charge in [-0.15, -0.1) is 0 Å². The molecule has 1 aromatic carbocycles. The lowest BCUT2D eigenvalue weighted by molar-refractivity contribution is -0.0553. The molecular weight excluding hydrogens is 499 g/mol. The molecule has 0 spiro atoms. The first kappa shape index (κ1) is 29.5. The Hall–Kier alpha value is -2.10. The Kier molecular flexibility index (Phi) is 11.3. The van der Waals surface area contributed by atoms with E-state index in [2.05, 4.69) is 16.0 Å². The average Bonchev–Trinajstić information content (AvgIpc) is 2.89. The summed E-state index contributed by atoms with van der Waals surface area (Å²) in [5.41, 5.74) is -1.23. The molecule has 0 bridgehead atoms. The number of nitrogens with zero attached hydrogens (tertiary/aromatic N) is 1. The predicted molar refractivity (Wildman–Crippen MR) is 142 cm³/mol. The number of likely N-dealkylation sites (tertiary alicyclic amines) is 1. The number of hydrogen-bond acceptors (Lipinski definition) is 4. The summed E-state index contributed by atoms with van der Waals surface area (Å²) in [4.78, 5) is 25.9. The summed E-state index contributed by atoms with van der Waals surface area (Å²) in [5.74, 6) is -0.373. The first-order valence-corrected chi connectivity index (χ1v) is 14.0. The molecule has 3 rings (SSSR count). The first-order chi connectivity index (χ1) is 17.7. The normalized spacial score (nSPS) is 21.2. The summed E-state index contributed by atoms with van der Waals surface area (Å²) < 4.78 is 14.4. The smallest absolute Gasteiger partial charge is 0.404 e. The molecule has 1 aromatic rings. The Morgan fingerprint density at radius 2 is 1.97 bits per heavy atom. The topological polar surface area (TPSA) is 114 Å². The monoisotopic (exact) mass is 540 g/mol. The second-order valence-electron chi connectivity index (χ2n) is 10.6. The Morgan fingerprint density at radius 1 is 1.22 bits per heavy atom. The molecule has 8 nitrogen and oxygen atoms in total. The maximum atomic E-state index is 14.4. The van der Waals surface area contributed by atoms with Crippen molar-refractivity contribution < 1.29 is 24.2 Å². The van der Waals surface area contributed by atoms with Crippen LogP contribution in [-0.2, 0) is 5.60 Å². The number of piperidine rings is 1. The maximum absolute atomic E-state index is 14.4. The third-order valence-electron chi connectivity index (χ3n) is 7.93. The number of hydrogen-bond donors (Lipinski definition) is 5. The molecule has 0 aromatic heterocycles. The number of rotatable bonds is 11. The summed E-state index contributed by atoms with van der Waals surface area (Å²) in [6.45, 7) is 1.72. The molecule has 1 heterocycles. The van der Waals surface area contributed by atoms with Crippen LogP contribution in [-0.4, -0.2) is 66.5 Å². The van der Waals surface area contributed by atoms with Gasteiger partial charge in [-0.3, -0.25) is 0 Å². The number of aliphatic hydroxyl groups is 1. The summed E-state index contributed by atoms with van der Waals surface area (Å²) in [5, 5.41) is 29.4. The molecule has 1 saturated carbocycles. The van der Waals surface area contributed by atoms with Gasteiger partial charge in [0.15, 0.2) is 0 Å². The van der Waals surface area contributed by atoms with E-state index in [0.29, 0.717) is 44.8 Å². The van der Waals surface area contributed by atoms with Crippen molar-refractivity contribution in [2.45, 2.75) is 75.9 Å². The molecule has 3 atom stereocenters. The van der Waals surface area contributed by atoms with Crippen molar-refractivity contribution >= 4 is 23.7 Å². The molecule has 37 heavy (non-hydrogen) atoms. The molecular formula is C27H42ClFN4O4. The highest BCUT2D eigenvalue weighted by atomic mass is 35.5. The van der Waals surface area contributed by atoms with Gasteiger partial charge in [-0.1, -0.05) is 55.8 Å². The van der Waals surface area contributed by atoms with E-state index in [-0.39, 0.29) is 41.5 Å². The van der Waals surface area contributed by atoms with E-state index in [1.807, 2.05) is 7.05 Å². The molecule has 1 aliphatic heterocycles. The molecule has 2 fully saturated rings. The minimum Gasteiger partial charge on any atom is -0.465 e. The standard InChI is InChI=1S/C27H42ClFN4O4/c1-30-17-21(16-19-8-3-2-4-9-19)32-25(34)33-15-6-10-20(18-33)27(37,13-7-14-31-26(35)36)22-11-5-12-23(29)24(22)28/h5,11-12,19-21,30-31,37H,2-4,6-10,13-18H2,1H3,(H,32,34)(H,35,36)/t20-,21+,27+/m1/s1. The largest absolute Gasteiger partial charge is 0.465 e. The Balaban J connectivity index is 1.72. The Morgan fingerprint density at radius 3 is 2.68 bits per heavy atom. The number of benzene rings is 1. The zero-order valence-corrected chi connectivity index (χ0v) is 22.5. The number of amides is 3. The molecule has 0 unspecified atom stereocenters. The Bertz CT molecular complexity index is 901. The summed E-state index contributed by atoms with van der Waals surface area (Å²) in [7, 11) is 1.89. The van der Waals surface area contributed by atoms with Gasteiger partial charge >= 0.3 is 12.1 Å². The van der Waals surface area contributed by atoms with Crippen LogP contribution in [0.15, 0.2) is 18.2 Å². The van der Waals surface area contributed by atoms with E-state index >= 15 is 0 Å². The molecule has 2 aliphatic rings. The van der Waals surface area contributed by atoms with E-state index in [4.69, 9.17) is 16.7 Å². The van der Waals surface area contributed by atoms with Crippen molar-refractivity contribution in [1.82, 2.24) is 20.9 Å². The fraction of sp³-hybridized carbons (Fsp3) is 0.704. The quantitative estimate of drug-likeness (QED) is 0.261.